The number of amides is 1. The van der Waals surface area contributed by atoms with Crippen LogP contribution < -0.4 is 5.32 Å². The van der Waals surface area contributed by atoms with Crippen LogP contribution in [-0.2, 0) is 4.74 Å². The Hall–Kier alpha value is -0.770. The van der Waals surface area contributed by atoms with Crippen LogP contribution in [0, 0.1) is 5.92 Å². The zero-order valence-electron chi connectivity index (χ0n) is 14.9. The molecule has 1 saturated heterocycles. The Bertz CT molecular complexity index is 336. The highest BCUT2D eigenvalue weighted by Crippen LogP contribution is 2.21. The highest BCUT2D eigenvalue weighted by atomic mass is 16.6. The molecule has 1 rings (SSSR count). The van der Waals surface area contributed by atoms with E-state index < -0.39 is 5.60 Å². The van der Waals surface area contributed by atoms with Crippen molar-refractivity contribution in [3.05, 3.63) is 0 Å². The lowest BCUT2D eigenvalue weighted by molar-refractivity contribution is 0.00628. The first-order chi connectivity index (χ1) is 9.60. The fraction of sp³-hybridized carbons (Fsp3) is 0.941. The van der Waals surface area contributed by atoms with Crippen molar-refractivity contribution in [2.24, 2.45) is 5.92 Å². The number of nitrogens with zero attached hydrogens (tertiary/aromatic N) is 1. The Morgan fingerprint density at radius 3 is 2.48 bits per heavy atom. The zero-order valence-corrected chi connectivity index (χ0v) is 14.9. The van der Waals surface area contributed by atoms with E-state index in [0.717, 1.165) is 25.8 Å². The Morgan fingerprint density at radius 2 is 1.95 bits per heavy atom. The second-order valence-corrected chi connectivity index (χ2v) is 7.86. The number of hydrogen-bond donors (Lipinski definition) is 1. The predicted octanol–water partition coefficient (Wildman–Crippen LogP) is 3.80. The molecule has 1 fully saturated rings. The first-order valence-corrected chi connectivity index (χ1v) is 8.36. The van der Waals surface area contributed by atoms with Crippen LogP contribution in [0.1, 0.15) is 67.7 Å². The first kappa shape index (κ1) is 18.3. The van der Waals surface area contributed by atoms with Gasteiger partial charge in [0.05, 0.1) is 0 Å². The topological polar surface area (TPSA) is 41.6 Å². The van der Waals surface area contributed by atoms with Crippen LogP contribution in [0.4, 0.5) is 4.79 Å². The van der Waals surface area contributed by atoms with E-state index in [1.165, 1.54) is 0 Å². The van der Waals surface area contributed by atoms with Crippen LogP contribution in [0.2, 0.25) is 0 Å². The molecule has 0 radical (unpaired) electrons. The second kappa shape index (κ2) is 7.48. The lowest BCUT2D eigenvalue weighted by atomic mass is 9.95. The molecular formula is C17H34N2O2. The average Bonchev–Trinajstić information content (AvgIpc) is 2.28. The van der Waals surface area contributed by atoms with Gasteiger partial charge in [-0.05, 0) is 59.8 Å². The summed E-state index contributed by atoms with van der Waals surface area (Å²) in [5.74, 6) is 0.688. The number of likely N-dealkylation sites (tertiary alicyclic amines) is 1. The molecule has 0 aromatic heterocycles. The summed E-state index contributed by atoms with van der Waals surface area (Å²) in [6.45, 7) is 15.4. The third kappa shape index (κ3) is 6.25. The predicted molar refractivity (Wildman–Crippen MR) is 87.5 cm³/mol. The number of rotatable bonds is 4. The van der Waals surface area contributed by atoms with Crippen molar-refractivity contribution in [2.45, 2.75) is 91.5 Å². The minimum atomic E-state index is -0.428. The van der Waals surface area contributed by atoms with E-state index in [2.05, 4.69) is 33.0 Å². The van der Waals surface area contributed by atoms with E-state index in [4.69, 9.17) is 4.74 Å². The van der Waals surface area contributed by atoms with Gasteiger partial charge in [-0.2, -0.15) is 0 Å². The molecular weight excluding hydrogens is 264 g/mol. The standard InChI is InChI=1S/C17H34N2O2/c1-12(2)11-13(3)18-15-9-8-10-19(14(15)4)16(20)21-17(5,6)7/h12-15,18H,8-11H2,1-7H3. The Labute approximate surface area is 130 Å². The molecule has 1 N–H and O–H groups in total. The van der Waals surface area contributed by atoms with Crippen LogP contribution in [0.15, 0.2) is 0 Å². The zero-order chi connectivity index (χ0) is 16.2. The van der Waals surface area contributed by atoms with Crippen molar-refractivity contribution in [3.63, 3.8) is 0 Å². The minimum absolute atomic E-state index is 0.182. The molecule has 4 heteroatoms. The highest BCUT2D eigenvalue weighted by Gasteiger charge is 2.34. The molecule has 0 aliphatic carbocycles. The SMILES string of the molecule is CC(C)CC(C)NC1CCCN(C(=O)OC(C)(C)C)C1C. The van der Waals surface area contributed by atoms with E-state index in [1.54, 1.807) is 0 Å². The number of ether oxygens (including phenoxy) is 1. The van der Waals surface area contributed by atoms with Gasteiger partial charge >= 0.3 is 6.09 Å². The summed E-state index contributed by atoms with van der Waals surface area (Å²) in [5.41, 5.74) is -0.428. The van der Waals surface area contributed by atoms with Crippen molar-refractivity contribution in [2.75, 3.05) is 6.54 Å². The summed E-state index contributed by atoms with van der Waals surface area (Å²) in [4.78, 5) is 14.2. The van der Waals surface area contributed by atoms with Crippen LogP contribution >= 0.6 is 0 Å². The van der Waals surface area contributed by atoms with Gasteiger partial charge in [0.1, 0.15) is 5.60 Å². The maximum absolute atomic E-state index is 12.3. The smallest absolute Gasteiger partial charge is 0.410 e. The molecule has 0 saturated carbocycles. The third-order valence-electron chi connectivity index (χ3n) is 3.94. The molecule has 0 aromatic carbocycles. The lowest BCUT2D eigenvalue weighted by Crippen LogP contribution is -2.57. The largest absolute Gasteiger partial charge is 0.444 e. The van der Waals surface area contributed by atoms with E-state index in [-0.39, 0.29) is 12.1 Å². The van der Waals surface area contributed by atoms with Crippen molar-refractivity contribution < 1.29 is 9.53 Å². The van der Waals surface area contributed by atoms with Gasteiger partial charge in [-0.15, -0.1) is 0 Å². The van der Waals surface area contributed by atoms with Gasteiger partial charge in [0.25, 0.3) is 0 Å². The molecule has 1 aliphatic rings. The van der Waals surface area contributed by atoms with Crippen LogP contribution in [0.3, 0.4) is 0 Å². The molecule has 1 aliphatic heterocycles. The summed E-state index contributed by atoms with van der Waals surface area (Å²) in [7, 11) is 0. The first-order valence-electron chi connectivity index (χ1n) is 8.36. The van der Waals surface area contributed by atoms with Gasteiger partial charge in [-0.3, -0.25) is 0 Å². The van der Waals surface area contributed by atoms with Crippen molar-refractivity contribution in [3.8, 4) is 0 Å². The Kier molecular flexibility index (Phi) is 6.51. The second-order valence-electron chi connectivity index (χ2n) is 7.86. The molecule has 0 spiro atoms. The van der Waals surface area contributed by atoms with E-state index in [0.29, 0.717) is 18.0 Å². The number of hydrogen-bond acceptors (Lipinski definition) is 3. The number of nitrogens with one attached hydrogen (secondary N) is 1. The molecule has 0 bridgehead atoms. The molecule has 3 unspecified atom stereocenters. The van der Waals surface area contributed by atoms with Gasteiger partial charge in [-0.1, -0.05) is 13.8 Å². The molecule has 3 atom stereocenters. The normalized spacial score (nSPS) is 25.0. The maximum atomic E-state index is 12.3. The van der Waals surface area contributed by atoms with Gasteiger partial charge in [-0.25, -0.2) is 4.79 Å². The van der Waals surface area contributed by atoms with Crippen molar-refractivity contribution in [1.82, 2.24) is 10.2 Å². The summed E-state index contributed by atoms with van der Waals surface area (Å²) in [6, 6.07) is 1.03. The highest BCUT2D eigenvalue weighted by molar-refractivity contribution is 5.68. The summed E-state index contributed by atoms with van der Waals surface area (Å²) >= 11 is 0. The minimum Gasteiger partial charge on any atom is -0.444 e. The summed E-state index contributed by atoms with van der Waals surface area (Å²) in [5, 5.41) is 3.70. The van der Waals surface area contributed by atoms with Crippen molar-refractivity contribution >= 4 is 6.09 Å². The van der Waals surface area contributed by atoms with Crippen molar-refractivity contribution in [1.29, 1.82) is 0 Å². The quantitative estimate of drug-likeness (QED) is 0.858. The monoisotopic (exact) mass is 298 g/mol. The summed E-state index contributed by atoms with van der Waals surface area (Å²) in [6.07, 6.45) is 3.15. The molecule has 1 amide bonds. The molecule has 124 valence electrons. The fourth-order valence-corrected chi connectivity index (χ4v) is 3.08. The molecule has 1 heterocycles. The summed E-state index contributed by atoms with van der Waals surface area (Å²) < 4.78 is 5.52. The number of piperidine rings is 1. The van der Waals surface area contributed by atoms with Gasteiger partial charge in [0.2, 0.25) is 0 Å². The van der Waals surface area contributed by atoms with E-state index in [9.17, 15) is 4.79 Å². The molecule has 21 heavy (non-hydrogen) atoms. The lowest BCUT2D eigenvalue weighted by Gasteiger charge is -2.41. The van der Waals surface area contributed by atoms with E-state index >= 15 is 0 Å². The van der Waals surface area contributed by atoms with Gasteiger partial charge in [0.15, 0.2) is 0 Å². The van der Waals surface area contributed by atoms with Gasteiger partial charge < -0.3 is 15.0 Å². The number of carbonyl (C=O) groups is 1. The van der Waals surface area contributed by atoms with Crippen LogP contribution in [0.25, 0.3) is 0 Å². The average molecular weight is 298 g/mol. The third-order valence-corrected chi connectivity index (χ3v) is 3.94. The van der Waals surface area contributed by atoms with Gasteiger partial charge in [0, 0.05) is 24.7 Å². The Morgan fingerprint density at radius 1 is 1.33 bits per heavy atom. The Balaban J connectivity index is 2.59. The molecule has 0 aromatic rings. The maximum Gasteiger partial charge on any atom is 0.410 e. The van der Waals surface area contributed by atoms with Crippen LogP contribution in [0.5, 0.6) is 0 Å². The van der Waals surface area contributed by atoms with E-state index in [1.807, 2.05) is 25.7 Å². The van der Waals surface area contributed by atoms with Crippen LogP contribution in [-0.4, -0.2) is 41.3 Å². The molecule has 4 nitrogen and oxygen atoms in total. The number of carbonyl (C=O) groups excluding carboxylic acids is 1. The fourth-order valence-electron chi connectivity index (χ4n) is 3.08.